The van der Waals surface area contributed by atoms with Crippen LogP contribution < -0.4 is 16.4 Å². The first-order chi connectivity index (χ1) is 12.3. The number of hydrogen-bond donors (Lipinski definition) is 4. The quantitative estimate of drug-likeness (QED) is 0.598. The zero-order valence-corrected chi connectivity index (χ0v) is 14.6. The molecule has 146 valence electrons. The lowest BCUT2D eigenvalue weighted by molar-refractivity contribution is -0.192. The minimum atomic E-state index is -5.08. The van der Waals surface area contributed by atoms with Gasteiger partial charge in [0.2, 0.25) is 0 Å². The van der Waals surface area contributed by atoms with Gasteiger partial charge in [-0.25, -0.2) is 4.79 Å². The molecule has 1 aliphatic carbocycles. The first kappa shape index (κ1) is 20.4. The van der Waals surface area contributed by atoms with Crippen LogP contribution in [0, 0.1) is 5.92 Å². The summed E-state index contributed by atoms with van der Waals surface area (Å²) in [6.07, 6.45) is 9.19. The van der Waals surface area contributed by atoms with Crippen LogP contribution in [0.2, 0.25) is 0 Å². The molecule has 0 saturated carbocycles. The zero-order chi connectivity index (χ0) is 19.2. The van der Waals surface area contributed by atoms with E-state index in [1.54, 1.807) is 0 Å². The van der Waals surface area contributed by atoms with Crippen molar-refractivity contribution in [3.8, 4) is 0 Å². The SMILES string of the molecule is NC1=C(C2=CCCCC2)NC(C2CCNCC2)C=C1.O=C(O)C(F)(F)F. The summed E-state index contributed by atoms with van der Waals surface area (Å²) in [5, 5.41) is 14.3. The summed E-state index contributed by atoms with van der Waals surface area (Å²) >= 11 is 0. The van der Waals surface area contributed by atoms with Gasteiger partial charge in [0.1, 0.15) is 0 Å². The van der Waals surface area contributed by atoms with Crippen LogP contribution in [0.4, 0.5) is 13.2 Å². The van der Waals surface area contributed by atoms with Crippen LogP contribution in [-0.2, 0) is 4.79 Å². The molecule has 1 atom stereocenters. The van der Waals surface area contributed by atoms with Crippen molar-refractivity contribution in [1.82, 2.24) is 10.6 Å². The summed E-state index contributed by atoms with van der Waals surface area (Å²) in [5.41, 5.74) is 9.74. The Labute approximate surface area is 151 Å². The van der Waals surface area contributed by atoms with Gasteiger partial charge in [-0.1, -0.05) is 12.2 Å². The van der Waals surface area contributed by atoms with E-state index >= 15 is 0 Å². The second-order valence-corrected chi connectivity index (χ2v) is 6.73. The van der Waals surface area contributed by atoms with Gasteiger partial charge in [-0.05, 0) is 69.2 Å². The molecule has 5 nitrogen and oxygen atoms in total. The molecule has 5 N–H and O–H groups in total. The van der Waals surface area contributed by atoms with Crippen LogP contribution in [0.15, 0.2) is 35.2 Å². The van der Waals surface area contributed by atoms with Gasteiger partial charge < -0.3 is 21.5 Å². The van der Waals surface area contributed by atoms with E-state index in [4.69, 9.17) is 15.6 Å². The highest BCUT2D eigenvalue weighted by atomic mass is 19.4. The van der Waals surface area contributed by atoms with Gasteiger partial charge in [0.05, 0.1) is 11.4 Å². The minimum Gasteiger partial charge on any atom is -0.475 e. The van der Waals surface area contributed by atoms with E-state index in [1.807, 2.05) is 0 Å². The molecule has 0 radical (unpaired) electrons. The molecule has 2 aliphatic heterocycles. The van der Waals surface area contributed by atoms with E-state index in [1.165, 1.54) is 49.8 Å². The molecule has 1 unspecified atom stereocenters. The highest BCUT2D eigenvalue weighted by molar-refractivity contribution is 5.73. The third-order valence-corrected chi connectivity index (χ3v) is 4.83. The van der Waals surface area contributed by atoms with Gasteiger partial charge in [-0.15, -0.1) is 0 Å². The van der Waals surface area contributed by atoms with Crippen molar-refractivity contribution >= 4 is 5.97 Å². The van der Waals surface area contributed by atoms with E-state index in [0.717, 1.165) is 24.7 Å². The van der Waals surface area contributed by atoms with Crippen molar-refractivity contribution < 1.29 is 23.1 Å². The molecule has 0 bridgehead atoms. The second kappa shape index (κ2) is 9.12. The lowest BCUT2D eigenvalue weighted by Gasteiger charge is -2.34. The Morgan fingerprint density at radius 2 is 1.88 bits per heavy atom. The molecule has 2 heterocycles. The monoisotopic (exact) mass is 373 g/mol. The largest absolute Gasteiger partial charge is 0.490 e. The highest BCUT2D eigenvalue weighted by Crippen LogP contribution is 2.28. The molecule has 3 rings (SSSR count). The lowest BCUT2D eigenvalue weighted by atomic mass is 9.86. The number of carboxylic acids is 1. The Kier molecular flexibility index (Phi) is 7.14. The minimum absolute atomic E-state index is 0.465. The maximum Gasteiger partial charge on any atom is 0.490 e. The third-order valence-electron chi connectivity index (χ3n) is 4.83. The second-order valence-electron chi connectivity index (χ2n) is 6.73. The van der Waals surface area contributed by atoms with Crippen molar-refractivity contribution in [2.24, 2.45) is 11.7 Å². The van der Waals surface area contributed by atoms with E-state index in [0.29, 0.717) is 6.04 Å². The van der Waals surface area contributed by atoms with Crippen LogP contribution in [-0.4, -0.2) is 36.4 Å². The van der Waals surface area contributed by atoms with Crippen molar-refractivity contribution in [3.63, 3.8) is 0 Å². The smallest absolute Gasteiger partial charge is 0.475 e. The first-order valence-corrected chi connectivity index (χ1v) is 8.93. The number of halogens is 3. The van der Waals surface area contributed by atoms with Gasteiger partial charge >= 0.3 is 12.1 Å². The van der Waals surface area contributed by atoms with Gasteiger partial charge in [0.15, 0.2) is 0 Å². The summed E-state index contributed by atoms with van der Waals surface area (Å²) < 4.78 is 31.7. The number of carboxylic acid groups (broad SMARTS) is 1. The van der Waals surface area contributed by atoms with E-state index in [-0.39, 0.29) is 0 Å². The summed E-state index contributed by atoms with van der Waals surface area (Å²) in [4.78, 5) is 8.90. The average Bonchev–Trinajstić information content (AvgIpc) is 2.63. The van der Waals surface area contributed by atoms with Crippen LogP contribution in [0.3, 0.4) is 0 Å². The number of hydrogen-bond acceptors (Lipinski definition) is 4. The summed E-state index contributed by atoms with van der Waals surface area (Å²) in [6.45, 7) is 2.29. The average molecular weight is 373 g/mol. The van der Waals surface area contributed by atoms with Crippen molar-refractivity contribution in [2.45, 2.75) is 50.7 Å². The number of aliphatic carboxylic acids is 1. The Balaban J connectivity index is 0.000000298. The molecular weight excluding hydrogens is 347 g/mol. The highest BCUT2D eigenvalue weighted by Gasteiger charge is 2.38. The maximum absolute atomic E-state index is 10.6. The fourth-order valence-electron chi connectivity index (χ4n) is 3.41. The van der Waals surface area contributed by atoms with Crippen LogP contribution in [0.25, 0.3) is 0 Å². The number of nitrogens with one attached hydrogen (secondary N) is 2. The predicted molar refractivity (Wildman–Crippen MR) is 93.1 cm³/mol. The summed E-state index contributed by atoms with van der Waals surface area (Å²) in [7, 11) is 0. The van der Waals surface area contributed by atoms with Crippen molar-refractivity contribution in [3.05, 3.63) is 35.2 Å². The Hall–Kier alpha value is -1.96. The van der Waals surface area contributed by atoms with Crippen molar-refractivity contribution in [1.29, 1.82) is 0 Å². The van der Waals surface area contributed by atoms with Crippen LogP contribution in [0.5, 0.6) is 0 Å². The molecule has 1 fully saturated rings. The van der Waals surface area contributed by atoms with Gasteiger partial charge in [0, 0.05) is 6.04 Å². The molecule has 0 spiro atoms. The number of nitrogens with two attached hydrogens (primary N) is 1. The zero-order valence-electron chi connectivity index (χ0n) is 14.6. The number of rotatable bonds is 2. The Morgan fingerprint density at radius 3 is 2.42 bits per heavy atom. The van der Waals surface area contributed by atoms with E-state index in [2.05, 4.69) is 28.9 Å². The summed E-state index contributed by atoms with van der Waals surface area (Å²) in [6, 6.07) is 0.465. The fourth-order valence-corrected chi connectivity index (χ4v) is 3.41. The van der Waals surface area contributed by atoms with Gasteiger partial charge in [-0.2, -0.15) is 13.2 Å². The first-order valence-electron chi connectivity index (χ1n) is 8.93. The summed E-state index contributed by atoms with van der Waals surface area (Å²) in [5.74, 6) is -2.02. The number of allylic oxidation sites excluding steroid dienone is 3. The van der Waals surface area contributed by atoms with Crippen LogP contribution in [0.1, 0.15) is 38.5 Å². The molecule has 0 aromatic heterocycles. The Bertz CT molecular complexity index is 591. The van der Waals surface area contributed by atoms with E-state index in [9.17, 15) is 13.2 Å². The van der Waals surface area contributed by atoms with Gasteiger partial charge in [0.25, 0.3) is 0 Å². The third kappa shape index (κ3) is 5.79. The molecule has 0 aromatic carbocycles. The molecule has 0 amide bonds. The molecule has 26 heavy (non-hydrogen) atoms. The standard InChI is InChI=1S/C16H25N3.C2HF3O2/c17-14-6-7-15(12-8-10-18-11-9-12)19-16(14)13-4-2-1-3-5-13;3-2(4,5)1(6)7/h4,6-7,12,15,18-19H,1-3,5,8-11,17H2;(H,6,7). The number of piperidine rings is 1. The lowest BCUT2D eigenvalue weighted by Crippen LogP contribution is -2.42. The number of dihydropyridines is 1. The molecular formula is C18H26F3N3O2. The van der Waals surface area contributed by atoms with Gasteiger partial charge in [-0.3, -0.25) is 0 Å². The molecule has 8 heteroatoms. The topological polar surface area (TPSA) is 87.4 Å². The van der Waals surface area contributed by atoms with Crippen LogP contribution >= 0.6 is 0 Å². The van der Waals surface area contributed by atoms with Crippen molar-refractivity contribution in [2.75, 3.05) is 13.1 Å². The van der Waals surface area contributed by atoms with E-state index < -0.39 is 12.1 Å². The maximum atomic E-state index is 10.6. The fraction of sp³-hybridized carbons (Fsp3) is 0.611. The molecule has 0 aromatic rings. The molecule has 1 saturated heterocycles. The number of carbonyl (C=O) groups is 1. The Morgan fingerprint density at radius 1 is 1.23 bits per heavy atom. The normalized spacial score (nSPS) is 24.3. The predicted octanol–water partition coefficient (Wildman–Crippen LogP) is 2.82. The number of alkyl halides is 3. The molecule has 3 aliphatic rings.